The molecule has 0 aromatic heterocycles. The van der Waals surface area contributed by atoms with Gasteiger partial charge in [-0.15, -0.1) is 0 Å². The number of aryl methyl sites for hydroxylation is 1. The summed E-state index contributed by atoms with van der Waals surface area (Å²) in [5.41, 5.74) is 2.48. The minimum Gasteiger partial charge on any atom is -0.290 e. The van der Waals surface area contributed by atoms with Gasteiger partial charge in [0.05, 0.1) is 6.04 Å². The molecule has 0 radical (unpaired) electrons. The van der Waals surface area contributed by atoms with Gasteiger partial charge >= 0.3 is 0 Å². The fourth-order valence-corrected chi connectivity index (χ4v) is 3.95. The third kappa shape index (κ3) is 4.14. The highest BCUT2D eigenvalue weighted by atomic mass is 15.2. The molecule has 1 aliphatic heterocycles. The molecular weight excluding hydrogens is 266 g/mol. The monoisotopic (exact) mass is 295 g/mol. The number of likely N-dealkylation sites (tertiary alicyclic amines) is 1. The van der Waals surface area contributed by atoms with Crippen LogP contribution < -0.4 is 0 Å². The molecule has 1 saturated carbocycles. The predicted molar refractivity (Wildman–Crippen MR) is 93.8 cm³/mol. The van der Waals surface area contributed by atoms with E-state index in [4.69, 9.17) is 0 Å². The lowest BCUT2D eigenvalue weighted by Gasteiger charge is -2.37. The topological polar surface area (TPSA) is 3.24 Å². The first-order chi connectivity index (χ1) is 10.8. The Bertz CT molecular complexity index is 489. The van der Waals surface area contributed by atoms with Gasteiger partial charge in [0.15, 0.2) is 0 Å². The van der Waals surface area contributed by atoms with E-state index in [1.807, 2.05) is 0 Å². The van der Waals surface area contributed by atoms with Crippen molar-refractivity contribution in [2.75, 3.05) is 13.1 Å². The van der Waals surface area contributed by atoms with Crippen molar-refractivity contribution in [3.63, 3.8) is 0 Å². The zero-order valence-corrected chi connectivity index (χ0v) is 14.0. The largest absolute Gasteiger partial charge is 0.290 e. The molecule has 1 aliphatic carbocycles. The Labute approximate surface area is 136 Å². The number of hydrogen-bond acceptors (Lipinski definition) is 1. The molecule has 0 spiro atoms. The van der Waals surface area contributed by atoms with E-state index < -0.39 is 0 Å². The third-order valence-electron chi connectivity index (χ3n) is 5.30. The van der Waals surface area contributed by atoms with Gasteiger partial charge in [0.2, 0.25) is 0 Å². The van der Waals surface area contributed by atoms with Crippen LogP contribution in [0.4, 0.5) is 0 Å². The number of benzene rings is 1. The van der Waals surface area contributed by atoms with Gasteiger partial charge < -0.3 is 0 Å². The predicted octanol–water partition coefficient (Wildman–Crippen LogP) is 4.78. The normalized spacial score (nSPS) is 21.9. The van der Waals surface area contributed by atoms with Gasteiger partial charge in [-0.05, 0) is 63.7 Å². The SMILES string of the molecule is Cc1ccc(C#CC(C2CCCCC2)N2CCCCC2)cc1. The molecule has 1 aromatic rings. The summed E-state index contributed by atoms with van der Waals surface area (Å²) in [6, 6.07) is 9.15. The van der Waals surface area contributed by atoms with Crippen LogP contribution in [0, 0.1) is 24.7 Å². The van der Waals surface area contributed by atoms with E-state index in [0.29, 0.717) is 6.04 Å². The Morgan fingerprint density at radius 2 is 1.55 bits per heavy atom. The Morgan fingerprint density at radius 3 is 2.23 bits per heavy atom. The molecule has 118 valence electrons. The Hall–Kier alpha value is -1.26. The van der Waals surface area contributed by atoms with Crippen LogP contribution in [0.1, 0.15) is 62.5 Å². The van der Waals surface area contributed by atoms with Crippen molar-refractivity contribution in [3.05, 3.63) is 35.4 Å². The summed E-state index contributed by atoms with van der Waals surface area (Å²) < 4.78 is 0. The quantitative estimate of drug-likeness (QED) is 0.710. The zero-order valence-electron chi connectivity index (χ0n) is 14.0. The van der Waals surface area contributed by atoms with E-state index in [9.17, 15) is 0 Å². The molecule has 0 N–H and O–H groups in total. The van der Waals surface area contributed by atoms with Crippen LogP contribution in [-0.4, -0.2) is 24.0 Å². The van der Waals surface area contributed by atoms with Crippen molar-refractivity contribution in [1.29, 1.82) is 0 Å². The third-order valence-corrected chi connectivity index (χ3v) is 5.30. The van der Waals surface area contributed by atoms with Crippen molar-refractivity contribution < 1.29 is 0 Å². The summed E-state index contributed by atoms with van der Waals surface area (Å²) in [6.45, 7) is 4.64. The highest BCUT2D eigenvalue weighted by molar-refractivity contribution is 5.37. The molecule has 0 bridgehead atoms. The molecule has 1 heteroatoms. The second kappa shape index (κ2) is 7.84. The molecule has 3 rings (SSSR count). The van der Waals surface area contributed by atoms with Crippen molar-refractivity contribution >= 4 is 0 Å². The minimum absolute atomic E-state index is 0.488. The molecule has 1 saturated heterocycles. The van der Waals surface area contributed by atoms with Gasteiger partial charge in [-0.2, -0.15) is 0 Å². The molecule has 1 nitrogen and oxygen atoms in total. The maximum absolute atomic E-state index is 3.67. The molecule has 1 atom stereocenters. The van der Waals surface area contributed by atoms with Crippen molar-refractivity contribution in [3.8, 4) is 11.8 Å². The number of rotatable bonds is 2. The molecule has 1 aromatic carbocycles. The summed E-state index contributed by atoms with van der Waals surface area (Å²) >= 11 is 0. The van der Waals surface area contributed by atoms with Crippen molar-refractivity contribution in [2.45, 2.75) is 64.3 Å². The van der Waals surface area contributed by atoms with E-state index in [1.54, 1.807) is 0 Å². The molecule has 2 fully saturated rings. The van der Waals surface area contributed by atoms with Crippen LogP contribution in [0.25, 0.3) is 0 Å². The van der Waals surface area contributed by atoms with E-state index in [2.05, 4.69) is 47.9 Å². The lowest BCUT2D eigenvalue weighted by atomic mass is 9.82. The fourth-order valence-electron chi connectivity index (χ4n) is 3.95. The van der Waals surface area contributed by atoms with Gasteiger partial charge in [0.1, 0.15) is 0 Å². The molecule has 1 heterocycles. The van der Waals surface area contributed by atoms with Crippen LogP contribution in [0.5, 0.6) is 0 Å². The van der Waals surface area contributed by atoms with Crippen LogP contribution in [0.15, 0.2) is 24.3 Å². The zero-order chi connectivity index (χ0) is 15.2. The highest BCUT2D eigenvalue weighted by Gasteiger charge is 2.28. The summed E-state index contributed by atoms with van der Waals surface area (Å²) in [7, 11) is 0. The molecule has 0 amide bonds. The number of hydrogen-bond donors (Lipinski definition) is 0. The van der Waals surface area contributed by atoms with E-state index in [-0.39, 0.29) is 0 Å². The van der Waals surface area contributed by atoms with Crippen molar-refractivity contribution in [2.24, 2.45) is 5.92 Å². The van der Waals surface area contributed by atoms with Crippen LogP contribution in [0.3, 0.4) is 0 Å². The van der Waals surface area contributed by atoms with E-state index >= 15 is 0 Å². The first-order valence-corrected chi connectivity index (χ1v) is 9.15. The highest BCUT2D eigenvalue weighted by Crippen LogP contribution is 2.30. The minimum atomic E-state index is 0.488. The summed E-state index contributed by atoms with van der Waals surface area (Å²) in [6.07, 6.45) is 11.1. The molecule has 1 unspecified atom stereocenters. The summed E-state index contributed by atoms with van der Waals surface area (Å²) in [5, 5.41) is 0. The summed E-state index contributed by atoms with van der Waals surface area (Å²) in [5.74, 6) is 7.94. The second-order valence-corrected chi connectivity index (χ2v) is 7.07. The maximum Gasteiger partial charge on any atom is 0.0746 e. The average Bonchev–Trinajstić information content (AvgIpc) is 2.59. The smallest absolute Gasteiger partial charge is 0.0746 e. The molecule has 22 heavy (non-hydrogen) atoms. The lowest BCUT2D eigenvalue weighted by Crippen LogP contribution is -2.43. The molecular formula is C21H29N. The average molecular weight is 295 g/mol. The molecule has 2 aliphatic rings. The Morgan fingerprint density at radius 1 is 0.909 bits per heavy atom. The standard InChI is InChI=1S/C21H29N/c1-18-10-12-19(13-11-18)14-15-21(20-8-4-2-5-9-20)22-16-6-3-7-17-22/h10-13,20-21H,2-9,16-17H2,1H3. The first-order valence-electron chi connectivity index (χ1n) is 9.15. The fraction of sp³-hybridized carbons (Fsp3) is 0.619. The number of piperidine rings is 1. The van der Waals surface area contributed by atoms with Crippen molar-refractivity contribution in [1.82, 2.24) is 4.90 Å². The van der Waals surface area contributed by atoms with E-state index in [0.717, 1.165) is 5.92 Å². The van der Waals surface area contributed by atoms with Gasteiger partial charge in [-0.1, -0.05) is 55.2 Å². The Balaban J connectivity index is 1.76. The first kappa shape index (κ1) is 15.6. The van der Waals surface area contributed by atoms with Crippen LogP contribution in [0.2, 0.25) is 0 Å². The van der Waals surface area contributed by atoms with Crippen LogP contribution in [-0.2, 0) is 0 Å². The Kier molecular flexibility index (Phi) is 5.57. The van der Waals surface area contributed by atoms with Gasteiger partial charge in [-0.25, -0.2) is 0 Å². The second-order valence-electron chi connectivity index (χ2n) is 7.07. The maximum atomic E-state index is 3.67. The number of nitrogens with zero attached hydrogens (tertiary/aromatic N) is 1. The van der Waals surface area contributed by atoms with Gasteiger partial charge in [0, 0.05) is 5.56 Å². The van der Waals surface area contributed by atoms with E-state index in [1.165, 1.54) is 75.6 Å². The summed E-state index contributed by atoms with van der Waals surface area (Å²) in [4.78, 5) is 2.68. The van der Waals surface area contributed by atoms with Crippen LogP contribution >= 0.6 is 0 Å². The lowest BCUT2D eigenvalue weighted by molar-refractivity contribution is 0.133. The van der Waals surface area contributed by atoms with Gasteiger partial charge in [-0.3, -0.25) is 4.90 Å². The van der Waals surface area contributed by atoms with Gasteiger partial charge in [0.25, 0.3) is 0 Å².